The number of hydrogen-bond acceptors (Lipinski definition) is 5. The Morgan fingerprint density at radius 2 is 2.17 bits per heavy atom. The molecule has 2 amide bonds. The third kappa shape index (κ3) is 4.06. The van der Waals surface area contributed by atoms with E-state index in [4.69, 9.17) is 5.11 Å². The molecule has 0 bridgehead atoms. The van der Waals surface area contributed by atoms with Crippen LogP contribution in [0.3, 0.4) is 0 Å². The standard InChI is InChI=1S/C10H12N2O5S/c1-17-7(13)2-4-11-10(16)12-6-3-5-18-8(6)9(14)15/h3,5H,2,4H2,1H3,(H,14,15)(H2,11,12,16). The topological polar surface area (TPSA) is 105 Å². The first kappa shape index (κ1) is 14.0. The van der Waals surface area contributed by atoms with Gasteiger partial charge in [0.05, 0.1) is 19.2 Å². The van der Waals surface area contributed by atoms with Crippen LogP contribution in [0.1, 0.15) is 16.1 Å². The van der Waals surface area contributed by atoms with Crippen molar-refractivity contribution >= 4 is 35.0 Å². The highest BCUT2D eigenvalue weighted by atomic mass is 32.1. The van der Waals surface area contributed by atoms with Gasteiger partial charge in [-0.05, 0) is 11.4 Å². The fraction of sp³-hybridized carbons (Fsp3) is 0.300. The van der Waals surface area contributed by atoms with Crippen molar-refractivity contribution in [3.8, 4) is 0 Å². The van der Waals surface area contributed by atoms with Gasteiger partial charge in [0, 0.05) is 6.54 Å². The zero-order valence-electron chi connectivity index (χ0n) is 9.56. The lowest BCUT2D eigenvalue weighted by Crippen LogP contribution is -2.31. The number of nitrogens with one attached hydrogen (secondary N) is 2. The molecule has 0 aliphatic heterocycles. The van der Waals surface area contributed by atoms with E-state index in [1.54, 1.807) is 5.38 Å². The van der Waals surface area contributed by atoms with Crippen molar-refractivity contribution in [2.45, 2.75) is 6.42 Å². The third-order valence-electron chi connectivity index (χ3n) is 1.95. The molecule has 98 valence electrons. The van der Waals surface area contributed by atoms with E-state index in [1.807, 2.05) is 0 Å². The van der Waals surface area contributed by atoms with Gasteiger partial charge in [-0.15, -0.1) is 11.3 Å². The van der Waals surface area contributed by atoms with Crippen molar-refractivity contribution in [2.24, 2.45) is 0 Å². The molecule has 0 saturated carbocycles. The van der Waals surface area contributed by atoms with Crippen LogP contribution in [-0.4, -0.2) is 36.7 Å². The maximum absolute atomic E-state index is 11.4. The summed E-state index contributed by atoms with van der Waals surface area (Å²) in [6, 6.07) is 0.924. The minimum absolute atomic E-state index is 0.0538. The molecule has 0 atom stereocenters. The van der Waals surface area contributed by atoms with Crippen LogP contribution in [0.5, 0.6) is 0 Å². The first-order valence-electron chi connectivity index (χ1n) is 4.97. The summed E-state index contributed by atoms with van der Waals surface area (Å²) >= 11 is 1.02. The molecule has 1 aromatic heterocycles. The van der Waals surface area contributed by atoms with Crippen molar-refractivity contribution in [1.29, 1.82) is 0 Å². The van der Waals surface area contributed by atoms with Gasteiger partial charge in [0.25, 0.3) is 0 Å². The summed E-state index contributed by atoms with van der Waals surface area (Å²) in [6.07, 6.45) is 0.0549. The third-order valence-corrected chi connectivity index (χ3v) is 2.85. The van der Waals surface area contributed by atoms with Crippen LogP contribution in [0.15, 0.2) is 11.4 Å². The number of carbonyl (C=O) groups is 3. The monoisotopic (exact) mass is 272 g/mol. The fourth-order valence-electron chi connectivity index (χ4n) is 1.12. The number of carboxylic acids is 1. The number of urea groups is 1. The number of aromatic carboxylic acids is 1. The molecule has 0 aromatic carbocycles. The number of hydrogen-bond donors (Lipinski definition) is 3. The minimum Gasteiger partial charge on any atom is -0.477 e. The zero-order chi connectivity index (χ0) is 13.5. The molecular weight excluding hydrogens is 260 g/mol. The number of amides is 2. The van der Waals surface area contributed by atoms with Crippen molar-refractivity contribution in [1.82, 2.24) is 5.32 Å². The molecule has 1 aromatic rings. The Hall–Kier alpha value is -2.09. The highest BCUT2D eigenvalue weighted by Gasteiger charge is 2.13. The number of esters is 1. The molecule has 0 saturated heterocycles. The van der Waals surface area contributed by atoms with Crippen LogP contribution in [0.4, 0.5) is 10.5 Å². The number of rotatable bonds is 5. The van der Waals surface area contributed by atoms with Crippen molar-refractivity contribution in [3.63, 3.8) is 0 Å². The normalized spacial score (nSPS) is 9.61. The average Bonchev–Trinajstić information content (AvgIpc) is 2.76. The summed E-state index contributed by atoms with van der Waals surface area (Å²) in [5.41, 5.74) is 0.225. The lowest BCUT2D eigenvalue weighted by atomic mass is 10.4. The van der Waals surface area contributed by atoms with E-state index in [-0.39, 0.29) is 23.5 Å². The Labute approximate surface area is 107 Å². The molecule has 0 aliphatic carbocycles. The summed E-state index contributed by atoms with van der Waals surface area (Å²) in [5.74, 6) is -1.54. The van der Waals surface area contributed by atoms with Gasteiger partial charge in [-0.25, -0.2) is 9.59 Å². The minimum atomic E-state index is -1.10. The number of methoxy groups -OCH3 is 1. The molecule has 0 spiro atoms. The molecule has 0 aliphatic rings. The van der Waals surface area contributed by atoms with E-state index >= 15 is 0 Å². The SMILES string of the molecule is COC(=O)CCNC(=O)Nc1ccsc1C(=O)O. The van der Waals surface area contributed by atoms with E-state index in [2.05, 4.69) is 15.4 Å². The van der Waals surface area contributed by atoms with Crippen LogP contribution in [-0.2, 0) is 9.53 Å². The van der Waals surface area contributed by atoms with Crippen LogP contribution in [0.2, 0.25) is 0 Å². The van der Waals surface area contributed by atoms with Crippen molar-refractivity contribution < 1.29 is 24.2 Å². The summed E-state index contributed by atoms with van der Waals surface area (Å²) in [4.78, 5) is 33.0. The lowest BCUT2D eigenvalue weighted by molar-refractivity contribution is -0.140. The number of anilines is 1. The van der Waals surface area contributed by atoms with E-state index in [9.17, 15) is 14.4 Å². The van der Waals surface area contributed by atoms with E-state index < -0.39 is 18.0 Å². The van der Waals surface area contributed by atoms with Gasteiger partial charge >= 0.3 is 18.0 Å². The maximum atomic E-state index is 11.4. The van der Waals surface area contributed by atoms with Gasteiger partial charge in [-0.1, -0.05) is 0 Å². The fourth-order valence-corrected chi connectivity index (χ4v) is 1.81. The Morgan fingerprint density at radius 1 is 1.44 bits per heavy atom. The van der Waals surface area contributed by atoms with Crippen LogP contribution in [0, 0.1) is 0 Å². The quantitative estimate of drug-likeness (QED) is 0.697. The molecule has 0 fully saturated rings. The van der Waals surface area contributed by atoms with Gasteiger partial charge in [0.2, 0.25) is 0 Å². The smallest absolute Gasteiger partial charge is 0.348 e. The molecule has 8 heteroatoms. The van der Waals surface area contributed by atoms with Crippen molar-refractivity contribution in [2.75, 3.05) is 19.0 Å². The van der Waals surface area contributed by atoms with E-state index in [0.29, 0.717) is 0 Å². The Bertz CT molecular complexity index is 457. The van der Waals surface area contributed by atoms with Gasteiger partial charge in [0.15, 0.2) is 0 Å². The maximum Gasteiger partial charge on any atom is 0.348 e. The molecule has 3 N–H and O–H groups in total. The van der Waals surface area contributed by atoms with Gasteiger partial charge in [-0.2, -0.15) is 0 Å². The molecular formula is C10H12N2O5S. The number of ether oxygens (including phenoxy) is 1. The molecule has 18 heavy (non-hydrogen) atoms. The average molecular weight is 272 g/mol. The number of carbonyl (C=O) groups excluding carboxylic acids is 2. The Balaban J connectivity index is 2.42. The predicted molar refractivity (Wildman–Crippen MR) is 64.9 cm³/mol. The molecule has 0 radical (unpaired) electrons. The van der Waals surface area contributed by atoms with E-state index in [0.717, 1.165) is 11.3 Å². The van der Waals surface area contributed by atoms with Crippen molar-refractivity contribution in [3.05, 3.63) is 16.3 Å². The Kier molecular flexibility index (Phi) is 5.12. The summed E-state index contributed by atoms with van der Waals surface area (Å²) < 4.78 is 4.40. The molecule has 7 nitrogen and oxygen atoms in total. The first-order valence-corrected chi connectivity index (χ1v) is 5.85. The molecule has 1 rings (SSSR count). The van der Waals surface area contributed by atoms with Gasteiger partial charge in [0.1, 0.15) is 4.88 Å². The number of carboxylic acid groups (broad SMARTS) is 1. The van der Waals surface area contributed by atoms with Gasteiger partial charge in [-0.3, -0.25) is 4.79 Å². The highest BCUT2D eigenvalue weighted by molar-refractivity contribution is 7.12. The largest absolute Gasteiger partial charge is 0.477 e. The molecule has 0 unspecified atom stereocenters. The van der Waals surface area contributed by atoms with Crippen LogP contribution >= 0.6 is 11.3 Å². The predicted octanol–water partition coefficient (Wildman–Crippen LogP) is 1.13. The molecule has 1 heterocycles. The van der Waals surface area contributed by atoms with Crippen LogP contribution < -0.4 is 10.6 Å². The second-order valence-electron chi connectivity index (χ2n) is 3.18. The second kappa shape index (κ2) is 6.60. The van der Waals surface area contributed by atoms with Crippen LogP contribution in [0.25, 0.3) is 0 Å². The zero-order valence-corrected chi connectivity index (χ0v) is 10.4. The number of thiophene rings is 1. The first-order chi connectivity index (χ1) is 8.54. The summed E-state index contributed by atoms with van der Waals surface area (Å²) in [7, 11) is 1.26. The Morgan fingerprint density at radius 3 is 2.78 bits per heavy atom. The summed E-state index contributed by atoms with van der Waals surface area (Å²) in [5, 5.41) is 15.2. The second-order valence-corrected chi connectivity index (χ2v) is 4.09. The lowest BCUT2D eigenvalue weighted by Gasteiger charge is -2.06. The van der Waals surface area contributed by atoms with Gasteiger partial charge < -0.3 is 20.5 Å². The van der Waals surface area contributed by atoms with E-state index in [1.165, 1.54) is 13.2 Å². The summed E-state index contributed by atoms with van der Waals surface area (Å²) in [6.45, 7) is 0.116. The highest BCUT2D eigenvalue weighted by Crippen LogP contribution is 2.21.